The molecule has 0 saturated heterocycles. The monoisotopic (exact) mass is 293 g/mol. The van der Waals surface area contributed by atoms with Crippen LogP contribution in [0, 0.1) is 0 Å². The van der Waals surface area contributed by atoms with Crippen LogP contribution in [0.15, 0.2) is 48.5 Å². The molecule has 7 heteroatoms. The molecule has 7 nitrogen and oxygen atoms in total. The summed E-state index contributed by atoms with van der Waals surface area (Å²) in [6.07, 6.45) is 0. The molecule has 0 saturated carbocycles. The summed E-state index contributed by atoms with van der Waals surface area (Å²) in [5.74, 6) is 1.67. The lowest BCUT2D eigenvalue weighted by atomic mass is 10.3. The first-order chi connectivity index (χ1) is 10.7. The van der Waals surface area contributed by atoms with Gasteiger partial charge < -0.3 is 16.4 Å². The van der Waals surface area contributed by atoms with Crippen LogP contribution in [-0.2, 0) is 0 Å². The highest BCUT2D eigenvalue weighted by Crippen LogP contribution is 2.18. The second kappa shape index (κ2) is 6.04. The van der Waals surface area contributed by atoms with Crippen LogP contribution in [0.2, 0.25) is 0 Å². The number of aromatic nitrogens is 4. The van der Waals surface area contributed by atoms with Crippen molar-refractivity contribution in [3.63, 3.8) is 0 Å². The minimum atomic E-state index is 0.139. The first-order valence-corrected chi connectivity index (χ1v) is 6.73. The van der Waals surface area contributed by atoms with E-state index in [0.717, 1.165) is 11.5 Å². The van der Waals surface area contributed by atoms with Crippen LogP contribution in [-0.4, -0.2) is 27.0 Å². The van der Waals surface area contributed by atoms with Crippen molar-refractivity contribution in [3.05, 3.63) is 48.5 Å². The second-order valence-corrected chi connectivity index (χ2v) is 4.49. The molecule has 0 bridgehead atoms. The second-order valence-electron chi connectivity index (χ2n) is 4.49. The first-order valence-electron chi connectivity index (χ1n) is 6.73. The average molecular weight is 293 g/mol. The van der Waals surface area contributed by atoms with Crippen LogP contribution in [0.5, 0.6) is 0 Å². The number of pyridine rings is 1. The quantitative estimate of drug-likeness (QED) is 0.678. The zero-order chi connectivity index (χ0) is 15.4. The maximum atomic E-state index is 5.78. The number of rotatable bonds is 4. The molecule has 0 spiro atoms. The molecule has 0 fully saturated rings. The number of anilines is 4. The number of hydrogen-bond donors (Lipinski definition) is 3. The van der Waals surface area contributed by atoms with E-state index in [1.54, 1.807) is 7.05 Å². The van der Waals surface area contributed by atoms with Crippen molar-refractivity contribution in [3.8, 4) is 11.5 Å². The van der Waals surface area contributed by atoms with Gasteiger partial charge in [-0.2, -0.15) is 15.0 Å². The van der Waals surface area contributed by atoms with Gasteiger partial charge in [0.25, 0.3) is 0 Å². The molecule has 22 heavy (non-hydrogen) atoms. The van der Waals surface area contributed by atoms with Crippen molar-refractivity contribution in [2.45, 2.75) is 0 Å². The largest absolute Gasteiger partial charge is 0.373 e. The molecule has 0 aliphatic rings. The zero-order valence-corrected chi connectivity index (χ0v) is 12.0. The lowest BCUT2D eigenvalue weighted by molar-refractivity contribution is 1.06. The lowest BCUT2D eigenvalue weighted by Crippen LogP contribution is -2.06. The standard InChI is InChI=1S/C15H15N7/c1-17-12-9-5-8-11(19-12)13-20-14(16)22-15(21-13)18-10-6-3-2-4-7-10/h2-9H,1H3,(H,17,19)(H3,16,18,20,21,22). The number of nitrogen functional groups attached to an aromatic ring is 1. The van der Waals surface area contributed by atoms with Crippen LogP contribution >= 0.6 is 0 Å². The number of benzene rings is 1. The summed E-state index contributed by atoms with van der Waals surface area (Å²) in [5, 5.41) is 6.07. The Morgan fingerprint density at radius 1 is 0.864 bits per heavy atom. The summed E-state index contributed by atoms with van der Waals surface area (Å²) in [6, 6.07) is 15.2. The summed E-state index contributed by atoms with van der Waals surface area (Å²) < 4.78 is 0. The first kappa shape index (κ1) is 13.7. The van der Waals surface area contributed by atoms with Crippen molar-refractivity contribution >= 4 is 23.4 Å². The number of nitrogens with one attached hydrogen (secondary N) is 2. The van der Waals surface area contributed by atoms with Crippen molar-refractivity contribution in [1.82, 2.24) is 19.9 Å². The highest BCUT2D eigenvalue weighted by Gasteiger charge is 2.09. The Bertz CT molecular complexity index is 774. The third-order valence-electron chi connectivity index (χ3n) is 2.92. The van der Waals surface area contributed by atoms with E-state index in [-0.39, 0.29) is 5.95 Å². The van der Waals surface area contributed by atoms with E-state index in [1.807, 2.05) is 48.5 Å². The fraction of sp³-hybridized carbons (Fsp3) is 0.0667. The van der Waals surface area contributed by atoms with Gasteiger partial charge in [-0.25, -0.2) is 4.98 Å². The van der Waals surface area contributed by atoms with Crippen molar-refractivity contribution in [2.75, 3.05) is 23.4 Å². The SMILES string of the molecule is CNc1cccc(-c2nc(N)nc(Nc3ccccc3)n2)n1. The molecule has 0 unspecified atom stereocenters. The molecule has 1 aromatic carbocycles. The molecule has 4 N–H and O–H groups in total. The number of para-hydroxylation sites is 1. The molecule has 0 amide bonds. The van der Waals surface area contributed by atoms with E-state index in [0.29, 0.717) is 17.5 Å². The highest BCUT2D eigenvalue weighted by atomic mass is 15.2. The number of nitrogens with two attached hydrogens (primary N) is 1. The van der Waals surface area contributed by atoms with Crippen molar-refractivity contribution in [2.24, 2.45) is 0 Å². The summed E-state index contributed by atoms with van der Waals surface area (Å²) in [7, 11) is 1.80. The fourth-order valence-corrected chi connectivity index (χ4v) is 1.91. The Kier molecular flexibility index (Phi) is 3.78. The maximum absolute atomic E-state index is 5.78. The molecule has 2 aromatic heterocycles. The Hall–Kier alpha value is -3.22. The third kappa shape index (κ3) is 3.09. The maximum Gasteiger partial charge on any atom is 0.232 e. The summed E-state index contributed by atoms with van der Waals surface area (Å²) >= 11 is 0. The Balaban J connectivity index is 1.95. The van der Waals surface area contributed by atoms with E-state index < -0.39 is 0 Å². The molecule has 2 heterocycles. The van der Waals surface area contributed by atoms with Gasteiger partial charge in [0.1, 0.15) is 11.5 Å². The predicted octanol–water partition coefficient (Wildman–Crippen LogP) is 2.30. The van der Waals surface area contributed by atoms with Crippen LogP contribution in [0.4, 0.5) is 23.4 Å². The normalized spacial score (nSPS) is 10.2. The molecular formula is C15H15N7. The average Bonchev–Trinajstić information content (AvgIpc) is 2.55. The van der Waals surface area contributed by atoms with E-state index in [4.69, 9.17) is 5.73 Å². The third-order valence-corrected chi connectivity index (χ3v) is 2.92. The number of hydrogen-bond acceptors (Lipinski definition) is 7. The minimum absolute atomic E-state index is 0.139. The minimum Gasteiger partial charge on any atom is -0.373 e. The van der Waals surface area contributed by atoms with E-state index in [2.05, 4.69) is 30.6 Å². The summed E-state index contributed by atoms with van der Waals surface area (Å²) in [5.41, 5.74) is 7.27. The highest BCUT2D eigenvalue weighted by molar-refractivity contribution is 5.59. The molecular weight excluding hydrogens is 278 g/mol. The van der Waals surface area contributed by atoms with Crippen molar-refractivity contribution in [1.29, 1.82) is 0 Å². The molecule has 0 atom stereocenters. The smallest absolute Gasteiger partial charge is 0.232 e. The summed E-state index contributed by atoms with van der Waals surface area (Å²) in [6.45, 7) is 0. The number of nitrogens with zero attached hydrogens (tertiary/aromatic N) is 4. The van der Waals surface area contributed by atoms with Gasteiger partial charge in [-0.3, -0.25) is 0 Å². The van der Waals surface area contributed by atoms with Gasteiger partial charge in [-0.05, 0) is 24.3 Å². The van der Waals surface area contributed by atoms with Gasteiger partial charge in [0, 0.05) is 12.7 Å². The van der Waals surface area contributed by atoms with Crippen LogP contribution in [0.25, 0.3) is 11.5 Å². The topological polar surface area (TPSA) is 102 Å². The lowest BCUT2D eigenvalue weighted by Gasteiger charge is -2.07. The fourth-order valence-electron chi connectivity index (χ4n) is 1.91. The zero-order valence-electron chi connectivity index (χ0n) is 12.0. The van der Waals surface area contributed by atoms with E-state index in [9.17, 15) is 0 Å². The van der Waals surface area contributed by atoms with Gasteiger partial charge in [0.15, 0.2) is 5.82 Å². The Morgan fingerprint density at radius 2 is 1.68 bits per heavy atom. The molecule has 110 valence electrons. The van der Waals surface area contributed by atoms with Gasteiger partial charge >= 0.3 is 0 Å². The van der Waals surface area contributed by atoms with Gasteiger partial charge in [0.05, 0.1) is 0 Å². The van der Waals surface area contributed by atoms with Crippen LogP contribution in [0.3, 0.4) is 0 Å². The molecule has 0 aliphatic heterocycles. The molecule has 3 rings (SSSR count). The Morgan fingerprint density at radius 3 is 2.45 bits per heavy atom. The van der Waals surface area contributed by atoms with Crippen LogP contribution in [0.1, 0.15) is 0 Å². The summed E-state index contributed by atoms with van der Waals surface area (Å²) in [4.78, 5) is 17.0. The van der Waals surface area contributed by atoms with Gasteiger partial charge in [0.2, 0.25) is 11.9 Å². The molecule has 0 radical (unpaired) electrons. The van der Waals surface area contributed by atoms with Gasteiger partial charge in [-0.15, -0.1) is 0 Å². The Labute approximate surface area is 127 Å². The van der Waals surface area contributed by atoms with Crippen molar-refractivity contribution < 1.29 is 0 Å². The van der Waals surface area contributed by atoms with Gasteiger partial charge in [-0.1, -0.05) is 24.3 Å². The van der Waals surface area contributed by atoms with E-state index >= 15 is 0 Å². The predicted molar refractivity (Wildman–Crippen MR) is 86.7 cm³/mol. The van der Waals surface area contributed by atoms with E-state index in [1.165, 1.54) is 0 Å². The van der Waals surface area contributed by atoms with Crippen LogP contribution < -0.4 is 16.4 Å². The molecule has 0 aliphatic carbocycles. The molecule has 3 aromatic rings.